The molecule has 0 saturated heterocycles. The molecule has 0 aromatic rings. The summed E-state index contributed by atoms with van der Waals surface area (Å²) in [5.74, 6) is 0.518. The van der Waals surface area contributed by atoms with Crippen LogP contribution >= 0.6 is 0 Å². The van der Waals surface area contributed by atoms with Gasteiger partial charge in [-0.15, -0.1) is 6.58 Å². The van der Waals surface area contributed by atoms with E-state index in [0.29, 0.717) is 5.92 Å². The fraction of sp³-hybridized carbons (Fsp3) is 0.455. The quantitative estimate of drug-likeness (QED) is 0.616. The zero-order valence-electron chi connectivity index (χ0n) is 7.93. The molecule has 1 unspecified atom stereocenters. The summed E-state index contributed by atoms with van der Waals surface area (Å²) in [6, 6.07) is 0. The van der Waals surface area contributed by atoms with Gasteiger partial charge in [0.2, 0.25) is 0 Å². The van der Waals surface area contributed by atoms with Crippen LogP contribution in [0.1, 0.15) is 13.8 Å². The third-order valence-electron chi connectivity index (χ3n) is 2.39. The van der Waals surface area contributed by atoms with Crippen LogP contribution in [-0.2, 0) is 0 Å². The Morgan fingerprint density at radius 3 is 2.92 bits per heavy atom. The summed E-state index contributed by atoms with van der Waals surface area (Å²) in [7, 11) is 0. The van der Waals surface area contributed by atoms with Crippen molar-refractivity contribution in [2.75, 3.05) is 13.1 Å². The second kappa shape index (κ2) is 4.27. The number of nitrogens with one attached hydrogen (secondary N) is 1. The largest absolute Gasteiger partial charge is 0.312 e. The lowest BCUT2D eigenvalue weighted by molar-refractivity contribution is 0.599. The molecule has 0 amide bonds. The number of allylic oxidation sites excluding steroid dienone is 1. The molecule has 1 aliphatic rings. The Morgan fingerprint density at radius 2 is 2.33 bits per heavy atom. The smallest absolute Gasteiger partial charge is 0.0205 e. The Hall–Kier alpha value is -0.820. The van der Waals surface area contributed by atoms with Gasteiger partial charge in [-0.1, -0.05) is 23.8 Å². The molecule has 1 nitrogen and oxygen atoms in total. The molecule has 0 saturated carbocycles. The van der Waals surface area contributed by atoms with Crippen LogP contribution in [0.25, 0.3) is 0 Å². The van der Waals surface area contributed by atoms with Crippen molar-refractivity contribution in [1.82, 2.24) is 5.32 Å². The molecule has 1 heterocycles. The van der Waals surface area contributed by atoms with Crippen LogP contribution in [0.15, 0.2) is 36.0 Å². The van der Waals surface area contributed by atoms with Gasteiger partial charge in [-0.05, 0) is 19.4 Å². The zero-order chi connectivity index (χ0) is 8.97. The molecule has 1 N–H and O–H groups in total. The van der Waals surface area contributed by atoms with Gasteiger partial charge in [0.15, 0.2) is 0 Å². The summed E-state index contributed by atoms with van der Waals surface area (Å²) >= 11 is 0. The maximum atomic E-state index is 3.83. The van der Waals surface area contributed by atoms with Gasteiger partial charge in [0.1, 0.15) is 0 Å². The second-order valence-electron chi connectivity index (χ2n) is 3.18. The molecule has 12 heavy (non-hydrogen) atoms. The van der Waals surface area contributed by atoms with E-state index >= 15 is 0 Å². The van der Waals surface area contributed by atoms with Crippen molar-refractivity contribution < 1.29 is 0 Å². The van der Waals surface area contributed by atoms with Crippen molar-refractivity contribution in [3.05, 3.63) is 36.0 Å². The highest BCUT2D eigenvalue weighted by atomic mass is 14.9. The van der Waals surface area contributed by atoms with Gasteiger partial charge in [-0.3, -0.25) is 0 Å². The van der Waals surface area contributed by atoms with E-state index in [1.165, 1.54) is 11.1 Å². The van der Waals surface area contributed by atoms with E-state index in [0.717, 1.165) is 13.1 Å². The molecule has 0 aromatic carbocycles. The lowest BCUT2D eigenvalue weighted by atomic mass is 9.92. The van der Waals surface area contributed by atoms with Crippen LogP contribution < -0.4 is 5.32 Å². The minimum Gasteiger partial charge on any atom is -0.312 e. The van der Waals surface area contributed by atoms with E-state index in [2.05, 4.69) is 37.9 Å². The predicted molar refractivity (Wildman–Crippen MR) is 54.1 cm³/mol. The average molecular weight is 163 g/mol. The molecule has 66 valence electrons. The summed E-state index contributed by atoms with van der Waals surface area (Å²) in [6.07, 6.45) is 6.29. The van der Waals surface area contributed by atoms with Gasteiger partial charge in [-0.25, -0.2) is 0 Å². The molecule has 0 aliphatic carbocycles. The number of hydrogen-bond donors (Lipinski definition) is 1. The van der Waals surface area contributed by atoms with Crippen LogP contribution in [0.2, 0.25) is 0 Å². The highest BCUT2D eigenvalue weighted by Gasteiger charge is 2.14. The Balaban J connectivity index is 2.86. The van der Waals surface area contributed by atoms with Gasteiger partial charge in [0.25, 0.3) is 0 Å². The van der Waals surface area contributed by atoms with Crippen LogP contribution in [-0.4, -0.2) is 13.1 Å². The van der Waals surface area contributed by atoms with Gasteiger partial charge >= 0.3 is 0 Å². The molecule has 1 atom stereocenters. The lowest BCUT2D eigenvalue weighted by Crippen LogP contribution is -2.30. The van der Waals surface area contributed by atoms with E-state index in [9.17, 15) is 0 Å². The topological polar surface area (TPSA) is 12.0 Å². The number of hydrogen-bond acceptors (Lipinski definition) is 1. The first-order valence-corrected chi connectivity index (χ1v) is 4.45. The molecule has 1 rings (SSSR count). The summed E-state index contributed by atoms with van der Waals surface area (Å²) in [5.41, 5.74) is 2.87. The summed E-state index contributed by atoms with van der Waals surface area (Å²) < 4.78 is 0. The summed E-state index contributed by atoms with van der Waals surface area (Å²) in [5, 5.41) is 3.37. The first-order chi connectivity index (χ1) is 5.79. The van der Waals surface area contributed by atoms with Gasteiger partial charge < -0.3 is 5.32 Å². The van der Waals surface area contributed by atoms with E-state index in [1.807, 2.05) is 6.08 Å². The van der Waals surface area contributed by atoms with Gasteiger partial charge in [-0.2, -0.15) is 0 Å². The molecule has 1 aliphatic heterocycles. The van der Waals surface area contributed by atoms with Crippen LogP contribution in [0.5, 0.6) is 0 Å². The van der Waals surface area contributed by atoms with Crippen molar-refractivity contribution in [2.24, 2.45) is 5.92 Å². The van der Waals surface area contributed by atoms with Crippen molar-refractivity contribution in [3.8, 4) is 0 Å². The fourth-order valence-electron chi connectivity index (χ4n) is 1.54. The zero-order valence-corrected chi connectivity index (χ0v) is 7.93. The van der Waals surface area contributed by atoms with Gasteiger partial charge in [0.05, 0.1) is 0 Å². The maximum Gasteiger partial charge on any atom is 0.0205 e. The average Bonchev–Trinajstić information content (AvgIpc) is 2.09. The second-order valence-corrected chi connectivity index (χ2v) is 3.18. The Bertz CT molecular complexity index is 223. The third-order valence-corrected chi connectivity index (χ3v) is 2.39. The van der Waals surface area contributed by atoms with E-state index in [1.54, 1.807) is 0 Å². The summed E-state index contributed by atoms with van der Waals surface area (Å²) in [6.45, 7) is 10.1. The molecule has 0 spiro atoms. The Kier molecular flexibility index (Phi) is 3.30. The fourth-order valence-corrected chi connectivity index (χ4v) is 1.54. The highest BCUT2D eigenvalue weighted by Crippen LogP contribution is 2.19. The predicted octanol–water partition coefficient (Wildman–Crippen LogP) is 2.28. The van der Waals surface area contributed by atoms with E-state index in [4.69, 9.17) is 0 Å². The van der Waals surface area contributed by atoms with Crippen LogP contribution in [0.3, 0.4) is 0 Å². The van der Waals surface area contributed by atoms with Crippen molar-refractivity contribution in [3.63, 3.8) is 0 Å². The van der Waals surface area contributed by atoms with Crippen LogP contribution in [0.4, 0.5) is 0 Å². The third kappa shape index (κ3) is 1.86. The normalized spacial score (nSPS) is 25.0. The first-order valence-electron chi connectivity index (χ1n) is 4.45. The van der Waals surface area contributed by atoms with E-state index < -0.39 is 0 Å². The molecular formula is C11H17N. The highest BCUT2D eigenvalue weighted by molar-refractivity contribution is 5.31. The SMILES string of the molecule is C=CC1CNCC(/C=C\C)=C1C. The van der Waals surface area contributed by atoms with E-state index in [-0.39, 0.29) is 0 Å². The molecule has 0 radical (unpaired) electrons. The summed E-state index contributed by atoms with van der Waals surface area (Å²) in [4.78, 5) is 0. The standard InChI is InChI=1S/C11H17N/c1-4-6-11-8-12-7-10(5-2)9(11)3/h4-6,10,12H,2,7-8H2,1,3H3/b6-4-. The lowest BCUT2D eigenvalue weighted by Gasteiger charge is -2.23. The minimum absolute atomic E-state index is 0.518. The Morgan fingerprint density at radius 1 is 1.58 bits per heavy atom. The van der Waals surface area contributed by atoms with Crippen molar-refractivity contribution in [2.45, 2.75) is 13.8 Å². The number of rotatable bonds is 2. The minimum atomic E-state index is 0.518. The molecule has 1 heteroatoms. The molecular weight excluding hydrogens is 146 g/mol. The maximum absolute atomic E-state index is 3.83. The van der Waals surface area contributed by atoms with Crippen molar-refractivity contribution in [1.29, 1.82) is 0 Å². The van der Waals surface area contributed by atoms with Crippen molar-refractivity contribution >= 4 is 0 Å². The van der Waals surface area contributed by atoms with Crippen LogP contribution in [0, 0.1) is 5.92 Å². The molecule has 0 aromatic heterocycles. The Labute approximate surface area is 74.9 Å². The molecule has 0 fully saturated rings. The van der Waals surface area contributed by atoms with Gasteiger partial charge in [0, 0.05) is 19.0 Å². The first kappa shape index (κ1) is 9.27. The molecule has 0 bridgehead atoms. The monoisotopic (exact) mass is 163 g/mol.